The number of pyridine rings is 1. The van der Waals surface area contributed by atoms with Crippen molar-refractivity contribution in [1.82, 2.24) is 14.8 Å². The molecule has 0 saturated heterocycles. The van der Waals surface area contributed by atoms with Crippen LogP contribution in [-0.4, -0.2) is 53.3 Å². The topological polar surface area (TPSA) is 53.5 Å². The minimum Gasteiger partial charge on any atom is -0.342 e. The Morgan fingerprint density at radius 3 is 2.38 bits per heavy atom. The minimum absolute atomic E-state index is 0.0397. The largest absolute Gasteiger partial charge is 0.342 e. The van der Waals surface area contributed by atoms with Gasteiger partial charge in [-0.25, -0.2) is 0 Å². The van der Waals surface area contributed by atoms with Crippen LogP contribution in [0.1, 0.15) is 35.5 Å². The van der Waals surface area contributed by atoms with Gasteiger partial charge in [0, 0.05) is 31.2 Å². The fourth-order valence-corrected chi connectivity index (χ4v) is 2.81. The second kappa shape index (κ2) is 7.43. The highest BCUT2D eigenvalue weighted by Gasteiger charge is 2.20. The number of carbonyl (C=O) groups excluding carboxylic acids is 2. The zero-order chi connectivity index (χ0) is 17.9. The smallest absolute Gasteiger partial charge is 0.254 e. The molecular formula is C19H25N3O2. The summed E-state index contributed by atoms with van der Waals surface area (Å²) in [5.41, 5.74) is 3.26. The van der Waals surface area contributed by atoms with E-state index in [4.69, 9.17) is 0 Å². The maximum Gasteiger partial charge on any atom is 0.254 e. The van der Waals surface area contributed by atoms with Crippen LogP contribution in [0.4, 0.5) is 0 Å². The molecule has 5 nitrogen and oxygen atoms in total. The average Bonchev–Trinajstić information content (AvgIpc) is 2.54. The van der Waals surface area contributed by atoms with Gasteiger partial charge in [0.15, 0.2) is 0 Å². The lowest BCUT2D eigenvalue weighted by Gasteiger charge is -2.23. The van der Waals surface area contributed by atoms with Gasteiger partial charge in [0.2, 0.25) is 5.91 Å². The van der Waals surface area contributed by atoms with Crippen molar-refractivity contribution < 1.29 is 9.59 Å². The van der Waals surface area contributed by atoms with Gasteiger partial charge in [-0.1, -0.05) is 11.6 Å². The van der Waals surface area contributed by atoms with E-state index in [2.05, 4.69) is 4.98 Å². The van der Waals surface area contributed by atoms with Gasteiger partial charge in [0.25, 0.3) is 5.91 Å². The van der Waals surface area contributed by atoms with E-state index in [0.717, 1.165) is 22.2 Å². The third kappa shape index (κ3) is 3.72. The van der Waals surface area contributed by atoms with E-state index < -0.39 is 0 Å². The van der Waals surface area contributed by atoms with Gasteiger partial charge in [0.1, 0.15) is 0 Å². The van der Waals surface area contributed by atoms with Crippen molar-refractivity contribution in [2.75, 3.05) is 26.7 Å². The van der Waals surface area contributed by atoms with Crippen LogP contribution in [0.3, 0.4) is 0 Å². The first kappa shape index (κ1) is 17.9. The van der Waals surface area contributed by atoms with Gasteiger partial charge in [-0.15, -0.1) is 0 Å². The summed E-state index contributed by atoms with van der Waals surface area (Å²) in [5.74, 6) is -0.196. The highest BCUT2D eigenvalue weighted by atomic mass is 16.2. The zero-order valence-corrected chi connectivity index (χ0v) is 15.1. The van der Waals surface area contributed by atoms with Crippen molar-refractivity contribution in [3.8, 4) is 0 Å². The second-order valence-corrected chi connectivity index (χ2v) is 6.06. The molecule has 0 saturated carbocycles. The van der Waals surface area contributed by atoms with Gasteiger partial charge >= 0.3 is 0 Å². The summed E-state index contributed by atoms with van der Waals surface area (Å²) in [7, 11) is 1.67. The Bertz CT molecular complexity index is 767. The summed E-state index contributed by atoms with van der Waals surface area (Å²) < 4.78 is 0. The number of likely N-dealkylation sites (N-methyl/N-ethyl adjacent to an activating group) is 2. The molecule has 24 heavy (non-hydrogen) atoms. The van der Waals surface area contributed by atoms with E-state index in [1.54, 1.807) is 18.0 Å². The quantitative estimate of drug-likeness (QED) is 0.848. The Morgan fingerprint density at radius 2 is 1.75 bits per heavy atom. The van der Waals surface area contributed by atoms with Crippen LogP contribution in [-0.2, 0) is 4.79 Å². The molecule has 0 unspecified atom stereocenters. The van der Waals surface area contributed by atoms with E-state index in [0.29, 0.717) is 18.7 Å². The van der Waals surface area contributed by atoms with Gasteiger partial charge in [-0.2, -0.15) is 0 Å². The summed E-state index contributed by atoms with van der Waals surface area (Å²) >= 11 is 0. The highest BCUT2D eigenvalue weighted by Crippen LogP contribution is 2.21. The van der Waals surface area contributed by atoms with Gasteiger partial charge in [0.05, 0.1) is 17.6 Å². The van der Waals surface area contributed by atoms with Crippen LogP contribution in [0, 0.1) is 13.8 Å². The maximum absolute atomic E-state index is 12.9. The summed E-state index contributed by atoms with van der Waals surface area (Å²) in [5, 5.41) is 0.827. The van der Waals surface area contributed by atoms with Crippen molar-refractivity contribution in [3.05, 3.63) is 41.1 Å². The number of aromatic nitrogens is 1. The summed E-state index contributed by atoms with van der Waals surface area (Å²) in [4.78, 5) is 32.8. The molecule has 2 rings (SSSR count). The predicted molar refractivity (Wildman–Crippen MR) is 96.1 cm³/mol. The molecule has 1 aromatic carbocycles. The van der Waals surface area contributed by atoms with Crippen molar-refractivity contribution in [1.29, 1.82) is 0 Å². The van der Waals surface area contributed by atoms with E-state index in [-0.39, 0.29) is 18.4 Å². The zero-order valence-electron chi connectivity index (χ0n) is 15.1. The molecule has 0 radical (unpaired) electrons. The number of hydrogen-bond acceptors (Lipinski definition) is 3. The van der Waals surface area contributed by atoms with Crippen molar-refractivity contribution in [2.45, 2.75) is 27.7 Å². The average molecular weight is 327 g/mol. The SMILES string of the molecule is CCN(CC)C(=O)CN(C)C(=O)c1cc(C)nc2ccc(C)cc12. The molecule has 0 aliphatic rings. The van der Waals surface area contributed by atoms with E-state index in [1.807, 2.05) is 45.9 Å². The summed E-state index contributed by atoms with van der Waals surface area (Å²) in [6.45, 7) is 9.10. The fraction of sp³-hybridized carbons (Fsp3) is 0.421. The van der Waals surface area contributed by atoms with Crippen LogP contribution < -0.4 is 0 Å². The monoisotopic (exact) mass is 327 g/mol. The van der Waals surface area contributed by atoms with Gasteiger partial charge in [-0.3, -0.25) is 14.6 Å². The van der Waals surface area contributed by atoms with Crippen LogP contribution in [0.15, 0.2) is 24.3 Å². The normalized spacial score (nSPS) is 10.7. The Kier molecular flexibility index (Phi) is 5.54. The Morgan fingerprint density at radius 1 is 1.08 bits per heavy atom. The number of carbonyl (C=O) groups is 2. The van der Waals surface area contributed by atoms with Crippen molar-refractivity contribution >= 4 is 22.7 Å². The number of aryl methyl sites for hydroxylation is 2. The third-order valence-electron chi connectivity index (χ3n) is 4.16. The molecule has 5 heteroatoms. The molecule has 0 N–H and O–H groups in total. The molecule has 0 fully saturated rings. The van der Waals surface area contributed by atoms with Crippen LogP contribution in [0.2, 0.25) is 0 Å². The number of rotatable bonds is 5. The first-order chi connectivity index (χ1) is 11.4. The molecule has 1 heterocycles. The molecule has 0 bridgehead atoms. The van der Waals surface area contributed by atoms with E-state index >= 15 is 0 Å². The van der Waals surface area contributed by atoms with Crippen molar-refractivity contribution in [2.24, 2.45) is 0 Å². The number of nitrogens with zero attached hydrogens (tertiary/aromatic N) is 3. The lowest BCUT2D eigenvalue weighted by Crippen LogP contribution is -2.41. The molecule has 0 atom stereocenters. The second-order valence-electron chi connectivity index (χ2n) is 6.06. The number of benzene rings is 1. The van der Waals surface area contributed by atoms with Crippen molar-refractivity contribution in [3.63, 3.8) is 0 Å². The molecule has 1 aromatic heterocycles. The Labute approximate surface area is 143 Å². The van der Waals surface area contributed by atoms with E-state index in [1.165, 1.54) is 4.90 Å². The summed E-state index contributed by atoms with van der Waals surface area (Å²) in [6, 6.07) is 7.67. The standard InChI is InChI=1S/C19H25N3O2/c1-6-22(7-2)18(23)12-21(5)19(24)16-11-14(4)20-17-9-8-13(3)10-15(16)17/h8-11H,6-7,12H2,1-5H3. The maximum atomic E-state index is 12.9. The molecule has 0 spiro atoms. The fourth-order valence-electron chi connectivity index (χ4n) is 2.81. The lowest BCUT2D eigenvalue weighted by atomic mass is 10.0. The molecule has 2 aromatic rings. The molecule has 2 amide bonds. The Hall–Kier alpha value is -2.43. The molecular weight excluding hydrogens is 302 g/mol. The number of fused-ring (bicyclic) bond motifs is 1. The first-order valence-corrected chi connectivity index (χ1v) is 8.28. The number of hydrogen-bond donors (Lipinski definition) is 0. The molecule has 128 valence electrons. The first-order valence-electron chi connectivity index (χ1n) is 8.28. The van der Waals surface area contributed by atoms with E-state index in [9.17, 15) is 9.59 Å². The molecule has 0 aliphatic heterocycles. The van der Waals surface area contributed by atoms with Crippen LogP contribution >= 0.6 is 0 Å². The van der Waals surface area contributed by atoms with Gasteiger partial charge in [-0.05, 0) is 45.9 Å². The lowest BCUT2D eigenvalue weighted by molar-refractivity contribution is -0.131. The number of amides is 2. The van der Waals surface area contributed by atoms with Gasteiger partial charge < -0.3 is 9.80 Å². The Balaban J connectivity index is 2.33. The van der Waals surface area contributed by atoms with Crippen LogP contribution in [0.25, 0.3) is 10.9 Å². The van der Waals surface area contributed by atoms with Crippen LogP contribution in [0.5, 0.6) is 0 Å². The minimum atomic E-state index is -0.156. The predicted octanol–water partition coefficient (Wildman–Crippen LogP) is 2.79. The summed E-state index contributed by atoms with van der Waals surface area (Å²) in [6.07, 6.45) is 0. The third-order valence-corrected chi connectivity index (χ3v) is 4.16. The molecule has 0 aliphatic carbocycles. The highest BCUT2D eigenvalue weighted by molar-refractivity contribution is 6.07.